The lowest BCUT2D eigenvalue weighted by atomic mass is 10.2. The standard InChI is InChI=1S/C12H17Cl2N/c1-2-15(9-3-8-13)10-11-4-6-12(14)7-5-11/h4-7H,2-3,8-10H2,1H3. The number of alkyl halides is 1. The normalized spacial score (nSPS) is 10.9. The molecule has 0 aliphatic rings. The molecule has 3 heteroatoms. The summed E-state index contributed by atoms with van der Waals surface area (Å²) in [7, 11) is 0. The van der Waals surface area contributed by atoms with Gasteiger partial charge in [0.25, 0.3) is 0 Å². The summed E-state index contributed by atoms with van der Waals surface area (Å²) in [6.07, 6.45) is 1.04. The van der Waals surface area contributed by atoms with Gasteiger partial charge in [-0.3, -0.25) is 4.90 Å². The number of hydrogen-bond acceptors (Lipinski definition) is 1. The Kier molecular flexibility index (Phi) is 6.07. The second kappa shape index (κ2) is 7.10. The predicted molar refractivity (Wildman–Crippen MR) is 67.7 cm³/mol. The molecule has 0 amide bonds. The Hall–Kier alpha value is -0.240. The quantitative estimate of drug-likeness (QED) is 0.690. The van der Waals surface area contributed by atoms with Gasteiger partial charge in [-0.05, 0) is 37.2 Å². The van der Waals surface area contributed by atoms with Gasteiger partial charge in [0.1, 0.15) is 0 Å². The van der Waals surface area contributed by atoms with Gasteiger partial charge in [0.2, 0.25) is 0 Å². The van der Waals surface area contributed by atoms with Crippen molar-refractivity contribution in [2.45, 2.75) is 19.9 Å². The minimum Gasteiger partial charge on any atom is -0.299 e. The molecule has 0 N–H and O–H groups in total. The van der Waals surface area contributed by atoms with E-state index in [2.05, 4.69) is 24.0 Å². The van der Waals surface area contributed by atoms with Crippen LogP contribution in [0, 0.1) is 0 Å². The Labute approximate surface area is 102 Å². The first kappa shape index (κ1) is 12.8. The van der Waals surface area contributed by atoms with Gasteiger partial charge in [-0.1, -0.05) is 30.7 Å². The van der Waals surface area contributed by atoms with Gasteiger partial charge in [-0.15, -0.1) is 11.6 Å². The smallest absolute Gasteiger partial charge is 0.0406 e. The molecule has 0 radical (unpaired) electrons. The molecule has 0 saturated heterocycles. The van der Waals surface area contributed by atoms with E-state index in [1.165, 1.54) is 5.56 Å². The third kappa shape index (κ3) is 4.87. The van der Waals surface area contributed by atoms with Crippen LogP contribution in [0.5, 0.6) is 0 Å². The van der Waals surface area contributed by atoms with E-state index in [1.807, 2.05) is 12.1 Å². The lowest BCUT2D eigenvalue weighted by Crippen LogP contribution is -2.24. The highest BCUT2D eigenvalue weighted by atomic mass is 35.5. The molecule has 1 rings (SSSR count). The number of halogens is 2. The van der Waals surface area contributed by atoms with Crippen molar-refractivity contribution in [2.75, 3.05) is 19.0 Å². The van der Waals surface area contributed by atoms with Crippen molar-refractivity contribution < 1.29 is 0 Å². The predicted octanol–water partition coefficient (Wildman–Crippen LogP) is 3.79. The van der Waals surface area contributed by atoms with Gasteiger partial charge in [0, 0.05) is 17.4 Å². The fourth-order valence-corrected chi connectivity index (χ4v) is 1.73. The number of nitrogens with zero attached hydrogens (tertiary/aromatic N) is 1. The van der Waals surface area contributed by atoms with Crippen LogP contribution in [0.4, 0.5) is 0 Å². The molecule has 1 aromatic rings. The molecular weight excluding hydrogens is 229 g/mol. The van der Waals surface area contributed by atoms with Crippen molar-refractivity contribution in [3.63, 3.8) is 0 Å². The van der Waals surface area contributed by atoms with Crippen molar-refractivity contribution in [3.8, 4) is 0 Å². The zero-order valence-electron chi connectivity index (χ0n) is 9.05. The Morgan fingerprint density at radius 1 is 1.20 bits per heavy atom. The van der Waals surface area contributed by atoms with Gasteiger partial charge in [0.05, 0.1) is 0 Å². The molecule has 0 fully saturated rings. The molecule has 0 unspecified atom stereocenters. The molecular formula is C12H17Cl2N. The lowest BCUT2D eigenvalue weighted by Gasteiger charge is -2.19. The third-order valence-electron chi connectivity index (χ3n) is 2.37. The maximum Gasteiger partial charge on any atom is 0.0406 e. The van der Waals surface area contributed by atoms with Crippen molar-refractivity contribution in [2.24, 2.45) is 0 Å². The summed E-state index contributed by atoms with van der Waals surface area (Å²) in [5.41, 5.74) is 1.30. The number of hydrogen-bond donors (Lipinski definition) is 0. The summed E-state index contributed by atoms with van der Waals surface area (Å²) in [4.78, 5) is 2.38. The molecule has 0 bridgehead atoms. The van der Waals surface area contributed by atoms with E-state index < -0.39 is 0 Å². The van der Waals surface area contributed by atoms with Crippen LogP contribution in [0.3, 0.4) is 0 Å². The van der Waals surface area contributed by atoms with E-state index in [0.29, 0.717) is 0 Å². The minimum atomic E-state index is 0.733. The molecule has 1 aromatic carbocycles. The van der Waals surface area contributed by atoms with Crippen LogP contribution in [0.15, 0.2) is 24.3 Å². The highest BCUT2D eigenvalue weighted by Crippen LogP contribution is 2.11. The van der Waals surface area contributed by atoms with Crippen molar-refractivity contribution in [1.82, 2.24) is 4.90 Å². The number of rotatable bonds is 6. The Morgan fingerprint density at radius 2 is 1.87 bits per heavy atom. The highest BCUT2D eigenvalue weighted by molar-refractivity contribution is 6.30. The summed E-state index contributed by atoms with van der Waals surface area (Å²) in [6, 6.07) is 8.02. The third-order valence-corrected chi connectivity index (χ3v) is 2.89. The molecule has 0 atom stereocenters. The molecule has 0 spiro atoms. The second-order valence-corrected chi connectivity index (χ2v) is 4.35. The van der Waals surface area contributed by atoms with Crippen molar-refractivity contribution in [1.29, 1.82) is 0 Å². The average Bonchev–Trinajstić information content (AvgIpc) is 2.27. The highest BCUT2D eigenvalue weighted by Gasteiger charge is 2.02. The second-order valence-electron chi connectivity index (χ2n) is 3.54. The maximum absolute atomic E-state index is 5.83. The maximum atomic E-state index is 5.83. The summed E-state index contributed by atoms with van der Waals surface area (Å²) in [5.74, 6) is 0.733. The van der Waals surface area contributed by atoms with Gasteiger partial charge in [-0.2, -0.15) is 0 Å². The fourth-order valence-electron chi connectivity index (χ4n) is 1.48. The molecule has 0 heterocycles. The van der Waals surface area contributed by atoms with Crippen LogP contribution < -0.4 is 0 Å². The summed E-state index contributed by atoms with van der Waals surface area (Å²) in [6.45, 7) is 5.26. The minimum absolute atomic E-state index is 0.733. The van der Waals surface area contributed by atoms with Crippen LogP contribution in [-0.2, 0) is 6.54 Å². The van der Waals surface area contributed by atoms with Crippen LogP contribution >= 0.6 is 23.2 Å². The topological polar surface area (TPSA) is 3.24 Å². The molecule has 15 heavy (non-hydrogen) atoms. The first-order valence-electron chi connectivity index (χ1n) is 5.29. The van der Waals surface area contributed by atoms with Crippen LogP contribution in [-0.4, -0.2) is 23.9 Å². The first-order valence-corrected chi connectivity index (χ1v) is 6.20. The van der Waals surface area contributed by atoms with E-state index in [4.69, 9.17) is 23.2 Å². The Balaban J connectivity index is 2.47. The van der Waals surface area contributed by atoms with Crippen molar-refractivity contribution in [3.05, 3.63) is 34.9 Å². The Bertz CT molecular complexity index is 271. The molecule has 84 valence electrons. The summed E-state index contributed by atoms with van der Waals surface area (Å²) < 4.78 is 0. The van der Waals surface area contributed by atoms with E-state index >= 15 is 0 Å². The van der Waals surface area contributed by atoms with Gasteiger partial charge in [-0.25, -0.2) is 0 Å². The largest absolute Gasteiger partial charge is 0.299 e. The SMILES string of the molecule is CCN(CCCCl)Cc1ccc(Cl)cc1. The van der Waals surface area contributed by atoms with Crippen molar-refractivity contribution >= 4 is 23.2 Å². The first-order chi connectivity index (χ1) is 7.26. The molecule has 0 aromatic heterocycles. The molecule has 0 saturated carbocycles. The van der Waals surface area contributed by atoms with E-state index in [-0.39, 0.29) is 0 Å². The average molecular weight is 246 g/mol. The zero-order chi connectivity index (χ0) is 11.1. The van der Waals surface area contributed by atoms with Gasteiger partial charge in [0.15, 0.2) is 0 Å². The lowest BCUT2D eigenvalue weighted by molar-refractivity contribution is 0.281. The van der Waals surface area contributed by atoms with Crippen LogP contribution in [0.25, 0.3) is 0 Å². The number of benzene rings is 1. The van der Waals surface area contributed by atoms with Gasteiger partial charge < -0.3 is 0 Å². The molecule has 0 aliphatic carbocycles. The Morgan fingerprint density at radius 3 is 2.40 bits per heavy atom. The summed E-state index contributed by atoms with van der Waals surface area (Å²) >= 11 is 11.5. The zero-order valence-corrected chi connectivity index (χ0v) is 10.6. The van der Waals surface area contributed by atoms with E-state index in [0.717, 1.165) is 37.0 Å². The fraction of sp³-hybridized carbons (Fsp3) is 0.500. The summed E-state index contributed by atoms with van der Waals surface area (Å²) in [5, 5.41) is 0.794. The molecule has 1 nitrogen and oxygen atoms in total. The van der Waals surface area contributed by atoms with E-state index in [9.17, 15) is 0 Å². The van der Waals surface area contributed by atoms with Gasteiger partial charge >= 0.3 is 0 Å². The van der Waals surface area contributed by atoms with Crippen LogP contribution in [0.1, 0.15) is 18.9 Å². The van der Waals surface area contributed by atoms with E-state index in [1.54, 1.807) is 0 Å². The van der Waals surface area contributed by atoms with Crippen LogP contribution in [0.2, 0.25) is 5.02 Å². The monoisotopic (exact) mass is 245 g/mol. The molecule has 0 aliphatic heterocycles.